The molecule has 0 bridgehead atoms. The molecule has 2 heterocycles. The Hall–Kier alpha value is -2.21. The lowest BCUT2D eigenvalue weighted by atomic mass is 10.2. The Kier molecular flexibility index (Phi) is 3.61. The largest absolute Gasteiger partial charge is 0.352 e. The minimum absolute atomic E-state index is 0.0259. The second kappa shape index (κ2) is 5.77. The number of amides is 1. The number of piperidine rings is 1. The highest BCUT2D eigenvalue weighted by atomic mass is 16.1. The highest BCUT2D eigenvalue weighted by Gasteiger charge is 2.56. The number of carbonyl (C=O) groups excluding carboxylic acids is 1. The number of likely N-dealkylation sites (tertiary alicyclic amines) is 1. The van der Waals surface area contributed by atoms with Gasteiger partial charge in [0, 0.05) is 25.7 Å². The van der Waals surface area contributed by atoms with Crippen LogP contribution >= 0.6 is 0 Å². The van der Waals surface area contributed by atoms with Gasteiger partial charge in [0.15, 0.2) is 5.82 Å². The molecule has 2 aromatic rings. The number of aromatic amines is 1. The number of nitrogens with zero attached hydrogens (tertiary/aromatic N) is 3. The van der Waals surface area contributed by atoms with Crippen molar-refractivity contribution in [2.24, 2.45) is 11.8 Å². The summed E-state index contributed by atoms with van der Waals surface area (Å²) in [6, 6.07) is 10.9. The van der Waals surface area contributed by atoms with E-state index in [-0.39, 0.29) is 12.3 Å². The monoisotopic (exact) mass is 311 g/mol. The first-order chi connectivity index (χ1) is 11.2. The quantitative estimate of drug-likeness (QED) is 0.860. The maximum Gasteiger partial charge on any atom is 0.227 e. The SMILES string of the molecule is Cc1nc(CC(=O)NC2[C@H]3CN(Cc4ccccc4)C[C@@H]23)n[nH]1. The average molecular weight is 311 g/mol. The van der Waals surface area contributed by atoms with Crippen molar-refractivity contribution in [2.75, 3.05) is 13.1 Å². The molecule has 2 N–H and O–H groups in total. The summed E-state index contributed by atoms with van der Waals surface area (Å²) in [6.45, 7) is 4.99. The lowest BCUT2D eigenvalue weighted by molar-refractivity contribution is -0.120. The Morgan fingerprint density at radius 2 is 2.04 bits per heavy atom. The molecule has 1 aliphatic carbocycles. The Bertz CT molecular complexity index is 686. The Balaban J connectivity index is 1.24. The van der Waals surface area contributed by atoms with Crippen molar-refractivity contribution in [2.45, 2.75) is 25.9 Å². The summed E-state index contributed by atoms with van der Waals surface area (Å²) in [5.41, 5.74) is 1.36. The van der Waals surface area contributed by atoms with Crippen molar-refractivity contribution in [1.82, 2.24) is 25.4 Å². The van der Waals surface area contributed by atoms with Gasteiger partial charge >= 0.3 is 0 Å². The van der Waals surface area contributed by atoms with Gasteiger partial charge in [0.2, 0.25) is 5.91 Å². The number of benzene rings is 1. The normalized spacial score (nSPS) is 26.0. The van der Waals surface area contributed by atoms with Gasteiger partial charge in [0.1, 0.15) is 5.82 Å². The second-order valence-electron chi connectivity index (χ2n) is 6.61. The van der Waals surface area contributed by atoms with Crippen LogP contribution in [-0.2, 0) is 17.8 Å². The van der Waals surface area contributed by atoms with Crippen molar-refractivity contribution in [3.63, 3.8) is 0 Å². The third-order valence-electron chi connectivity index (χ3n) is 4.81. The molecule has 1 saturated heterocycles. The summed E-state index contributed by atoms with van der Waals surface area (Å²) >= 11 is 0. The summed E-state index contributed by atoms with van der Waals surface area (Å²) in [6.07, 6.45) is 0.258. The number of hydrogen-bond donors (Lipinski definition) is 2. The molecular weight excluding hydrogens is 290 g/mol. The molecule has 3 atom stereocenters. The van der Waals surface area contributed by atoms with E-state index in [9.17, 15) is 4.79 Å². The van der Waals surface area contributed by atoms with E-state index in [0.29, 0.717) is 23.7 Å². The third-order valence-corrected chi connectivity index (χ3v) is 4.81. The van der Waals surface area contributed by atoms with Gasteiger partial charge in [-0.2, -0.15) is 5.10 Å². The molecule has 1 aromatic heterocycles. The predicted octanol–water partition coefficient (Wildman–Crippen LogP) is 0.902. The lowest BCUT2D eigenvalue weighted by Crippen LogP contribution is -2.35. The van der Waals surface area contributed by atoms with Crippen molar-refractivity contribution >= 4 is 5.91 Å². The summed E-state index contributed by atoms with van der Waals surface area (Å²) in [5, 5.41) is 9.91. The van der Waals surface area contributed by atoms with Crippen molar-refractivity contribution in [3.8, 4) is 0 Å². The zero-order chi connectivity index (χ0) is 15.8. The highest BCUT2D eigenvalue weighted by Crippen LogP contribution is 2.45. The molecule has 1 amide bonds. The number of carbonyl (C=O) groups is 1. The van der Waals surface area contributed by atoms with Crippen LogP contribution in [0.25, 0.3) is 0 Å². The third kappa shape index (κ3) is 3.12. The lowest BCUT2D eigenvalue weighted by Gasteiger charge is -2.19. The van der Waals surface area contributed by atoms with E-state index >= 15 is 0 Å². The summed E-state index contributed by atoms with van der Waals surface area (Å²) in [4.78, 5) is 18.7. The molecule has 0 radical (unpaired) electrons. The van der Waals surface area contributed by atoms with Crippen LogP contribution in [0.4, 0.5) is 0 Å². The van der Waals surface area contributed by atoms with E-state index in [1.54, 1.807) is 0 Å². The molecule has 2 aliphatic rings. The summed E-state index contributed by atoms with van der Waals surface area (Å²) in [5.74, 6) is 2.55. The number of aryl methyl sites for hydroxylation is 1. The number of nitrogens with one attached hydrogen (secondary N) is 2. The first kappa shape index (κ1) is 14.4. The molecule has 2 fully saturated rings. The van der Waals surface area contributed by atoms with Gasteiger partial charge in [-0.05, 0) is 24.3 Å². The summed E-state index contributed by atoms with van der Waals surface area (Å²) < 4.78 is 0. The number of rotatable bonds is 5. The first-order valence-electron chi connectivity index (χ1n) is 8.12. The standard InChI is InChI=1S/C17H21N5O/c1-11-18-15(21-20-11)7-16(23)19-17-13-9-22(10-14(13)17)8-12-5-3-2-4-6-12/h2-6,13-14,17H,7-10H2,1H3,(H,19,23)(H,18,20,21)/t13-,14+,17?. The first-order valence-corrected chi connectivity index (χ1v) is 8.12. The maximum absolute atomic E-state index is 12.1. The molecule has 1 aromatic carbocycles. The minimum atomic E-state index is 0.0259. The van der Waals surface area contributed by atoms with Crippen LogP contribution in [0.1, 0.15) is 17.2 Å². The molecule has 4 rings (SSSR count). The Morgan fingerprint density at radius 3 is 2.70 bits per heavy atom. The zero-order valence-electron chi connectivity index (χ0n) is 13.2. The van der Waals surface area contributed by atoms with Crippen LogP contribution in [-0.4, -0.2) is 45.1 Å². The van der Waals surface area contributed by atoms with Crippen molar-refractivity contribution < 1.29 is 4.79 Å². The Morgan fingerprint density at radius 1 is 1.30 bits per heavy atom. The molecule has 6 heteroatoms. The highest BCUT2D eigenvalue weighted by molar-refractivity contribution is 5.78. The smallest absolute Gasteiger partial charge is 0.227 e. The molecule has 1 saturated carbocycles. The van der Waals surface area contributed by atoms with Crippen molar-refractivity contribution in [1.29, 1.82) is 0 Å². The van der Waals surface area contributed by atoms with E-state index in [1.165, 1.54) is 5.56 Å². The van der Waals surface area contributed by atoms with Crippen LogP contribution in [0.15, 0.2) is 30.3 Å². The molecular formula is C17H21N5O. The van der Waals surface area contributed by atoms with Gasteiger partial charge in [0.25, 0.3) is 0 Å². The second-order valence-corrected chi connectivity index (χ2v) is 6.61. The van der Waals surface area contributed by atoms with Gasteiger partial charge in [-0.25, -0.2) is 4.98 Å². The maximum atomic E-state index is 12.1. The van der Waals surface area contributed by atoms with Gasteiger partial charge < -0.3 is 5.32 Å². The van der Waals surface area contributed by atoms with Crippen LogP contribution in [0.5, 0.6) is 0 Å². The van der Waals surface area contributed by atoms with E-state index in [0.717, 1.165) is 25.5 Å². The van der Waals surface area contributed by atoms with E-state index in [1.807, 2.05) is 13.0 Å². The van der Waals surface area contributed by atoms with E-state index in [2.05, 4.69) is 49.7 Å². The van der Waals surface area contributed by atoms with Crippen LogP contribution < -0.4 is 5.32 Å². The van der Waals surface area contributed by atoms with Gasteiger partial charge in [-0.15, -0.1) is 0 Å². The number of H-pyrrole nitrogens is 1. The zero-order valence-corrected chi connectivity index (χ0v) is 13.2. The van der Waals surface area contributed by atoms with Gasteiger partial charge in [-0.1, -0.05) is 30.3 Å². The van der Waals surface area contributed by atoms with Crippen LogP contribution in [0, 0.1) is 18.8 Å². The number of fused-ring (bicyclic) bond motifs is 1. The molecule has 0 spiro atoms. The van der Waals surface area contributed by atoms with E-state index in [4.69, 9.17) is 0 Å². The molecule has 1 aliphatic heterocycles. The molecule has 23 heavy (non-hydrogen) atoms. The Labute approximate surface area is 135 Å². The minimum Gasteiger partial charge on any atom is -0.352 e. The van der Waals surface area contributed by atoms with Crippen LogP contribution in [0.2, 0.25) is 0 Å². The molecule has 6 nitrogen and oxygen atoms in total. The van der Waals surface area contributed by atoms with Gasteiger partial charge in [-0.3, -0.25) is 14.8 Å². The van der Waals surface area contributed by atoms with Gasteiger partial charge in [0.05, 0.1) is 6.42 Å². The van der Waals surface area contributed by atoms with Crippen molar-refractivity contribution in [3.05, 3.63) is 47.5 Å². The fourth-order valence-corrected chi connectivity index (χ4v) is 3.65. The topological polar surface area (TPSA) is 73.9 Å². The number of aromatic nitrogens is 3. The summed E-state index contributed by atoms with van der Waals surface area (Å²) in [7, 11) is 0. The molecule has 1 unspecified atom stereocenters. The van der Waals surface area contributed by atoms with E-state index < -0.39 is 0 Å². The average Bonchev–Trinajstić information content (AvgIpc) is 2.90. The van der Waals surface area contributed by atoms with Crippen LogP contribution in [0.3, 0.4) is 0 Å². The number of hydrogen-bond acceptors (Lipinski definition) is 4. The fraction of sp³-hybridized carbons (Fsp3) is 0.471. The fourth-order valence-electron chi connectivity index (χ4n) is 3.65. The predicted molar refractivity (Wildman–Crippen MR) is 85.5 cm³/mol. The molecule has 120 valence electrons.